The Bertz CT molecular complexity index is 710. The van der Waals surface area contributed by atoms with Crippen molar-refractivity contribution in [3.8, 4) is 11.5 Å². The van der Waals surface area contributed by atoms with Crippen molar-refractivity contribution in [2.45, 2.75) is 0 Å². The minimum Gasteiger partial charge on any atom is -0.508 e. The van der Waals surface area contributed by atoms with Crippen molar-refractivity contribution in [1.82, 2.24) is 5.43 Å². The second-order valence-electron chi connectivity index (χ2n) is 4.37. The van der Waals surface area contributed by atoms with Gasteiger partial charge in [0.15, 0.2) is 12.4 Å². The van der Waals surface area contributed by atoms with Gasteiger partial charge in [0.2, 0.25) is 0 Å². The van der Waals surface area contributed by atoms with Crippen LogP contribution in [0, 0.1) is 0 Å². The van der Waals surface area contributed by atoms with Crippen LogP contribution in [0.4, 0.5) is 0 Å². The molecule has 2 aromatic rings. The van der Waals surface area contributed by atoms with Crippen LogP contribution in [0.3, 0.4) is 0 Å². The van der Waals surface area contributed by atoms with Crippen LogP contribution in [0.2, 0.25) is 15.1 Å². The fourth-order valence-corrected chi connectivity index (χ4v) is 2.50. The molecule has 0 spiro atoms. The molecule has 0 aromatic heterocycles. The lowest BCUT2D eigenvalue weighted by molar-refractivity contribution is -0.123. The van der Waals surface area contributed by atoms with E-state index in [2.05, 4.69) is 10.5 Å². The molecule has 23 heavy (non-hydrogen) atoms. The number of phenols is 1. The normalized spacial score (nSPS) is 10.7. The molecule has 8 heteroatoms. The lowest BCUT2D eigenvalue weighted by Gasteiger charge is -2.09. The minimum atomic E-state index is -0.484. The Morgan fingerprint density at radius 2 is 1.78 bits per heavy atom. The van der Waals surface area contributed by atoms with Crippen LogP contribution in [0.5, 0.6) is 11.5 Å². The molecule has 5 nitrogen and oxygen atoms in total. The summed E-state index contributed by atoms with van der Waals surface area (Å²) in [6.45, 7) is -0.312. The summed E-state index contributed by atoms with van der Waals surface area (Å²) in [5.74, 6) is -0.159. The lowest BCUT2D eigenvalue weighted by Crippen LogP contribution is -2.24. The van der Waals surface area contributed by atoms with Crippen molar-refractivity contribution in [3.63, 3.8) is 0 Å². The van der Waals surface area contributed by atoms with Crippen LogP contribution >= 0.6 is 34.8 Å². The topological polar surface area (TPSA) is 70.9 Å². The maximum atomic E-state index is 11.6. The van der Waals surface area contributed by atoms with Crippen LogP contribution in [0.1, 0.15) is 5.56 Å². The fraction of sp³-hybridized carbons (Fsp3) is 0.0667. The summed E-state index contributed by atoms with van der Waals surface area (Å²) in [5.41, 5.74) is 3.01. The van der Waals surface area contributed by atoms with Crippen LogP contribution < -0.4 is 10.2 Å². The van der Waals surface area contributed by atoms with E-state index in [9.17, 15) is 4.79 Å². The van der Waals surface area contributed by atoms with Crippen LogP contribution in [0.15, 0.2) is 41.5 Å². The Labute approximate surface area is 147 Å². The van der Waals surface area contributed by atoms with Crippen molar-refractivity contribution in [2.75, 3.05) is 6.61 Å². The van der Waals surface area contributed by atoms with Crippen LogP contribution in [0.25, 0.3) is 0 Å². The molecule has 0 unspecified atom stereocenters. The number of ether oxygens (including phenoxy) is 1. The molecule has 0 aliphatic heterocycles. The second kappa shape index (κ2) is 8.06. The largest absolute Gasteiger partial charge is 0.508 e. The number of carbonyl (C=O) groups is 1. The predicted octanol–water partition coefficient (Wildman–Crippen LogP) is 3.88. The van der Waals surface area contributed by atoms with Gasteiger partial charge >= 0.3 is 0 Å². The van der Waals surface area contributed by atoms with E-state index in [0.29, 0.717) is 10.6 Å². The van der Waals surface area contributed by atoms with Crippen molar-refractivity contribution >= 4 is 46.9 Å². The molecular weight excluding hydrogens is 363 g/mol. The molecule has 0 aliphatic carbocycles. The van der Waals surface area contributed by atoms with E-state index in [4.69, 9.17) is 44.6 Å². The third kappa shape index (κ3) is 5.32. The summed E-state index contributed by atoms with van der Waals surface area (Å²) in [5, 5.41) is 13.7. The summed E-state index contributed by atoms with van der Waals surface area (Å²) >= 11 is 17.7. The molecule has 1 amide bonds. The molecule has 0 heterocycles. The number of aromatic hydroxyl groups is 1. The number of hydrogen-bond donors (Lipinski definition) is 2. The highest BCUT2D eigenvalue weighted by atomic mass is 35.5. The van der Waals surface area contributed by atoms with Gasteiger partial charge in [-0.2, -0.15) is 5.10 Å². The highest BCUT2D eigenvalue weighted by molar-refractivity contribution is 6.40. The van der Waals surface area contributed by atoms with Gasteiger partial charge in [-0.1, -0.05) is 34.8 Å². The van der Waals surface area contributed by atoms with Gasteiger partial charge in [0.25, 0.3) is 5.91 Å². The van der Waals surface area contributed by atoms with Crippen molar-refractivity contribution in [2.24, 2.45) is 5.10 Å². The SMILES string of the molecule is O=C(COc1c(Cl)cc(Cl)cc1Cl)N/N=C/c1ccc(O)cc1. The van der Waals surface area contributed by atoms with Gasteiger partial charge in [-0.25, -0.2) is 5.43 Å². The summed E-state index contributed by atoms with van der Waals surface area (Å²) in [6, 6.07) is 9.24. The quantitative estimate of drug-likeness (QED) is 0.617. The van der Waals surface area contributed by atoms with Gasteiger partial charge in [-0.15, -0.1) is 0 Å². The third-order valence-electron chi connectivity index (χ3n) is 2.61. The first-order valence-electron chi connectivity index (χ1n) is 6.34. The van der Waals surface area contributed by atoms with E-state index >= 15 is 0 Å². The fourth-order valence-electron chi connectivity index (χ4n) is 1.58. The standard InChI is InChI=1S/C15H11Cl3N2O3/c16-10-5-12(17)15(13(18)6-10)23-8-14(22)20-19-7-9-1-3-11(21)4-2-9/h1-7,21H,8H2,(H,20,22)/b19-7+. The molecule has 0 saturated carbocycles. The number of rotatable bonds is 5. The van der Waals surface area contributed by atoms with Crippen LogP contribution in [-0.4, -0.2) is 23.8 Å². The first-order chi connectivity index (χ1) is 11.0. The Hall–Kier alpha value is -1.95. The smallest absolute Gasteiger partial charge is 0.277 e. The molecule has 0 fully saturated rings. The van der Waals surface area contributed by atoms with E-state index in [1.165, 1.54) is 30.5 Å². The summed E-state index contributed by atoms with van der Waals surface area (Å²) in [6.07, 6.45) is 1.43. The predicted molar refractivity (Wildman–Crippen MR) is 90.8 cm³/mol. The van der Waals surface area contributed by atoms with Gasteiger partial charge in [0, 0.05) is 5.02 Å². The van der Waals surface area contributed by atoms with E-state index in [1.807, 2.05) is 0 Å². The average Bonchev–Trinajstić information content (AvgIpc) is 2.48. The van der Waals surface area contributed by atoms with Crippen molar-refractivity contribution in [1.29, 1.82) is 0 Å². The molecule has 0 bridgehead atoms. The highest BCUT2D eigenvalue weighted by Crippen LogP contribution is 2.35. The number of carbonyl (C=O) groups excluding carboxylic acids is 1. The maximum Gasteiger partial charge on any atom is 0.277 e. The molecule has 2 aromatic carbocycles. The molecule has 0 radical (unpaired) electrons. The molecular formula is C15H11Cl3N2O3. The second-order valence-corrected chi connectivity index (χ2v) is 5.62. The van der Waals surface area contributed by atoms with Crippen molar-refractivity contribution in [3.05, 3.63) is 57.0 Å². The average molecular weight is 374 g/mol. The van der Waals surface area contributed by atoms with Gasteiger partial charge in [0.05, 0.1) is 16.3 Å². The number of halogens is 3. The van der Waals surface area contributed by atoms with Crippen molar-refractivity contribution < 1.29 is 14.6 Å². The van der Waals surface area contributed by atoms with Gasteiger partial charge in [-0.05, 0) is 42.0 Å². The summed E-state index contributed by atoms with van der Waals surface area (Å²) in [7, 11) is 0. The van der Waals surface area contributed by atoms with Gasteiger partial charge in [-0.3, -0.25) is 4.79 Å². The molecule has 2 rings (SSSR count). The molecule has 0 atom stereocenters. The Kier molecular flexibility index (Phi) is 6.10. The first-order valence-corrected chi connectivity index (χ1v) is 7.47. The van der Waals surface area contributed by atoms with Gasteiger partial charge < -0.3 is 9.84 Å². The van der Waals surface area contributed by atoms with E-state index < -0.39 is 5.91 Å². The number of hydrogen-bond acceptors (Lipinski definition) is 4. The minimum absolute atomic E-state index is 0.149. The molecule has 120 valence electrons. The number of benzene rings is 2. The third-order valence-corrected chi connectivity index (χ3v) is 3.39. The number of amides is 1. The highest BCUT2D eigenvalue weighted by Gasteiger charge is 2.11. The first kappa shape index (κ1) is 17.4. The number of nitrogens with zero attached hydrogens (tertiary/aromatic N) is 1. The number of phenolic OH excluding ortho intramolecular Hbond substituents is 1. The Morgan fingerprint density at radius 1 is 1.17 bits per heavy atom. The van der Waals surface area contributed by atoms with Gasteiger partial charge in [0.1, 0.15) is 5.75 Å². The zero-order valence-corrected chi connectivity index (χ0v) is 13.9. The molecule has 0 saturated heterocycles. The summed E-state index contributed by atoms with van der Waals surface area (Å²) in [4.78, 5) is 11.6. The zero-order chi connectivity index (χ0) is 16.8. The Balaban J connectivity index is 1.87. The lowest BCUT2D eigenvalue weighted by atomic mass is 10.2. The monoisotopic (exact) mass is 372 g/mol. The van der Waals surface area contributed by atoms with E-state index in [0.717, 1.165) is 0 Å². The van der Waals surface area contributed by atoms with Crippen LogP contribution in [-0.2, 0) is 4.79 Å². The maximum absolute atomic E-state index is 11.6. The van der Waals surface area contributed by atoms with E-state index in [-0.39, 0.29) is 28.2 Å². The number of hydrazone groups is 1. The van der Waals surface area contributed by atoms with E-state index in [1.54, 1.807) is 12.1 Å². The summed E-state index contributed by atoms with van der Waals surface area (Å²) < 4.78 is 5.26. The number of nitrogens with one attached hydrogen (secondary N) is 1. The molecule has 0 aliphatic rings. The Morgan fingerprint density at radius 3 is 2.39 bits per heavy atom. The molecule has 2 N–H and O–H groups in total. The zero-order valence-electron chi connectivity index (χ0n) is 11.6.